The van der Waals surface area contributed by atoms with Crippen LogP contribution in [0.15, 0.2) is 42.6 Å². The summed E-state index contributed by atoms with van der Waals surface area (Å²) in [5.41, 5.74) is 3.15. The number of amides is 1. The SMILES string of the molecule is CC(C)N1CCN(c2ccc(Nc3ncc4c(n3)OCN(c3c(Cl)cccc3Cl)C4=O)cc2CO)CC1. The molecule has 194 valence electrons. The molecule has 3 heterocycles. The zero-order valence-electron chi connectivity index (χ0n) is 20.6. The van der Waals surface area contributed by atoms with Crippen molar-refractivity contribution in [1.29, 1.82) is 0 Å². The molecule has 0 radical (unpaired) electrons. The van der Waals surface area contributed by atoms with E-state index in [1.54, 1.807) is 18.2 Å². The highest BCUT2D eigenvalue weighted by Crippen LogP contribution is 2.37. The van der Waals surface area contributed by atoms with Crippen molar-refractivity contribution >= 4 is 52.1 Å². The number of para-hydroxylation sites is 1. The van der Waals surface area contributed by atoms with Gasteiger partial charge >= 0.3 is 0 Å². The number of nitrogens with zero attached hydrogens (tertiary/aromatic N) is 5. The van der Waals surface area contributed by atoms with Crippen LogP contribution in [0.1, 0.15) is 29.8 Å². The number of carbonyl (C=O) groups is 1. The molecular weight excluding hydrogens is 515 g/mol. The van der Waals surface area contributed by atoms with Crippen molar-refractivity contribution in [3.05, 3.63) is 63.8 Å². The van der Waals surface area contributed by atoms with Gasteiger partial charge in [-0.05, 0) is 44.2 Å². The Bertz CT molecular complexity index is 1290. The van der Waals surface area contributed by atoms with Gasteiger partial charge in [-0.3, -0.25) is 14.6 Å². The molecule has 0 aliphatic carbocycles. The Labute approximate surface area is 225 Å². The van der Waals surface area contributed by atoms with E-state index < -0.39 is 0 Å². The minimum absolute atomic E-state index is 0.0842. The number of aromatic nitrogens is 2. The molecule has 3 aromatic rings. The monoisotopic (exact) mass is 542 g/mol. The first kappa shape index (κ1) is 25.5. The molecule has 0 spiro atoms. The number of fused-ring (bicyclic) bond motifs is 1. The van der Waals surface area contributed by atoms with Gasteiger partial charge in [0.2, 0.25) is 11.8 Å². The molecule has 2 aromatic carbocycles. The average molecular weight is 543 g/mol. The fraction of sp³-hybridized carbons (Fsp3) is 0.346. The Morgan fingerprint density at radius 1 is 1.11 bits per heavy atom. The first-order valence-corrected chi connectivity index (χ1v) is 12.9. The van der Waals surface area contributed by atoms with Gasteiger partial charge in [-0.25, -0.2) is 4.98 Å². The molecule has 5 rings (SSSR count). The summed E-state index contributed by atoms with van der Waals surface area (Å²) < 4.78 is 5.76. The van der Waals surface area contributed by atoms with Crippen molar-refractivity contribution in [3.8, 4) is 5.88 Å². The highest BCUT2D eigenvalue weighted by Gasteiger charge is 2.31. The number of hydrogen-bond donors (Lipinski definition) is 2. The summed E-state index contributed by atoms with van der Waals surface area (Å²) in [5, 5.41) is 13.9. The number of aliphatic hydroxyl groups is 1. The Morgan fingerprint density at radius 2 is 1.84 bits per heavy atom. The molecule has 11 heteroatoms. The molecule has 2 aliphatic heterocycles. The Kier molecular flexibility index (Phi) is 7.39. The van der Waals surface area contributed by atoms with Crippen LogP contribution in [0.25, 0.3) is 0 Å². The quantitative estimate of drug-likeness (QED) is 0.468. The highest BCUT2D eigenvalue weighted by molar-refractivity contribution is 6.40. The minimum Gasteiger partial charge on any atom is -0.455 e. The number of ether oxygens (including phenoxy) is 1. The summed E-state index contributed by atoms with van der Waals surface area (Å²) >= 11 is 12.6. The van der Waals surface area contributed by atoms with Gasteiger partial charge in [-0.2, -0.15) is 4.98 Å². The van der Waals surface area contributed by atoms with Crippen molar-refractivity contribution in [2.24, 2.45) is 0 Å². The largest absolute Gasteiger partial charge is 0.455 e. The Hall–Kier alpha value is -3.11. The minimum atomic E-state index is -0.354. The van der Waals surface area contributed by atoms with Gasteiger partial charge in [0.25, 0.3) is 5.91 Å². The first-order chi connectivity index (χ1) is 17.9. The number of halogens is 2. The van der Waals surface area contributed by atoms with E-state index in [1.807, 2.05) is 18.2 Å². The lowest BCUT2D eigenvalue weighted by Crippen LogP contribution is -2.49. The molecule has 0 unspecified atom stereocenters. The van der Waals surface area contributed by atoms with Gasteiger partial charge in [0.15, 0.2) is 6.73 Å². The van der Waals surface area contributed by atoms with Crippen LogP contribution < -0.4 is 19.9 Å². The van der Waals surface area contributed by atoms with Crippen LogP contribution in [0.3, 0.4) is 0 Å². The summed E-state index contributed by atoms with van der Waals surface area (Å²) in [6, 6.07) is 11.4. The first-order valence-electron chi connectivity index (χ1n) is 12.1. The summed E-state index contributed by atoms with van der Waals surface area (Å²) in [4.78, 5) is 27.9. The van der Waals surface area contributed by atoms with E-state index >= 15 is 0 Å². The standard InChI is InChI=1S/C26H28Cl2N6O3/c1-16(2)32-8-10-33(11-9-32)22-7-6-18(12-17(22)14-35)30-26-29-13-19-24(31-26)37-15-34(25(19)36)23-20(27)4-3-5-21(23)28/h3-7,12-13,16,35H,8-11,14-15H2,1-2H3,(H,29,30,31). The lowest BCUT2D eigenvalue weighted by molar-refractivity contribution is 0.0932. The second-order valence-electron chi connectivity index (χ2n) is 9.23. The van der Waals surface area contributed by atoms with Crippen LogP contribution in [-0.2, 0) is 6.61 Å². The average Bonchev–Trinajstić information content (AvgIpc) is 2.90. The number of anilines is 4. The Morgan fingerprint density at radius 3 is 2.51 bits per heavy atom. The van der Waals surface area contributed by atoms with Gasteiger partial charge < -0.3 is 20.1 Å². The molecular formula is C26H28Cl2N6O3. The van der Waals surface area contributed by atoms with Crippen molar-refractivity contribution in [1.82, 2.24) is 14.9 Å². The molecule has 1 saturated heterocycles. The normalized spacial score (nSPS) is 16.1. The predicted octanol–water partition coefficient (Wildman–Crippen LogP) is 4.55. The van der Waals surface area contributed by atoms with E-state index in [2.05, 4.69) is 38.9 Å². The number of rotatable bonds is 6. The van der Waals surface area contributed by atoms with Crippen LogP contribution in [0, 0.1) is 0 Å². The van der Waals surface area contributed by atoms with Gasteiger partial charge in [0.05, 0.1) is 22.3 Å². The van der Waals surface area contributed by atoms with Gasteiger partial charge in [-0.15, -0.1) is 0 Å². The molecule has 0 bridgehead atoms. The zero-order chi connectivity index (χ0) is 26.1. The van der Waals surface area contributed by atoms with Crippen molar-refractivity contribution < 1.29 is 14.6 Å². The molecule has 0 saturated carbocycles. The van der Waals surface area contributed by atoms with Crippen molar-refractivity contribution in [2.75, 3.05) is 48.0 Å². The second-order valence-corrected chi connectivity index (χ2v) is 10.0. The summed E-state index contributed by atoms with van der Waals surface area (Å²) in [7, 11) is 0. The number of hydrogen-bond acceptors (Lipinski definition) is 8. The summed E-state index contributed by atoms with van der Waals surface area (Å²) in [6.45, 7) is 8.06. The number of aliphatic hydroxyl groups excluding tert-OH is 1. The number of carbonyl (C=O) groups excluding carboxylic acids is 1. The highest BCUT2D eigenvalue weighted by atomic mass is 35.5. The predicted molar refractivity (Wildman–Crippen MR) is 145 cm³/mol. The maximum absolute atomic E-state index is 13.1. The van der Waals surface area contributed by atoms with Crippen LogP contribution in [0.5, 0.6) is 5.88 Å². The van der Waals surface area contributed by atoms with Crippen LogP contribution in [-0.4, -0.2) is 64.8 Å². The smallest absolute Gasteiger partial charge is 0.268 e. The summed E-state index contributed by atoms with van der Waals surface area (Å²) in [5.74, 6) is 0.0919. The third kappa shape index (κ3) is 5.17. The van der Waals surface area contributed by atoms with Crippen molar-refractivity contribution in [3.63, 3.8) is 0 Å². The molecule has 1 fully saturated rings. The maximum atomic E-state index is 13.1. The van der Waals surface area contributed by atoms with E-state index in [0.717, 1.165) is 43.1 Å². The molecule has 37 heavy (non-hydrogen) atoms. The topological polar surface area (TPSA) is 94.1 Å². The number of nitrogens with one attached hydrogen (secondary N) is 1. The fourth-order valence-electron chi connectivity index (χ4n) is 4.63. The number of piperazine rings is 1. The molecule has 2 aliphatic rings. The van der Waals surface area contributed by atoms with Crippen molar-refractivity contribution in [2.45, 2.75) is 26.5 Å². The van der Waals surface area contributed by atoms with Crippen LogP contribution in [0.2, 0.25) is 10.0 Å². The molecule has 1 amide bonds. The lowest BCUT2D eigenvalue weighted by Gasteiger charge is -2.38. The lowest BCUT2D eigenvalue weighted by atomic mass is 10.1. The van der Waals surface area contributed by atoms with E-state index in [-0.39, 0.29) is 36.6 Å². The summed E-state index contributed by atoms with van der Waals surface area (Å²) in [6.07, 6.45) is 1.42. The van der Waals surface area contributed by atoms with E-state index in [0.29, 0.717) is 21.8 Å². The van der Waals surface area contributed by atoms with Crippen LogP contribution in [0.4, 0.5) is 23.0 Å². The van der Waals surface area contributed by atoms with Crippen LogP contribution >= 0.6 is 23.2 Å². The zero-order valence-corrected chi connectivity index (χ0v) is 22.1. The molecule has 0 atom stereocenters. The van der Waals surface area contributed by atoms with Gasteiger partial charge in [0, 0.05) is 55.4 Å². The maximum Gasteiger partial charge on any atom is 0.268 e. The fourth-order valence-corrected chi connectivity index (χ4v) is 5.23. The van der Waals surface area contributed by atoms with E-state index in [1.165, 1.54) is 11.1 Å². The second kappa shape index (κ2) is 10.7. The third-order valence-corrected chi connectivity index (χ3v) is 7.27. The Balaban J connectivity index is 1.32. The third-order valence-electron chi connectivity index (χ3n) is 6.66. The molecule has 1 aromatic heterocycles. The van der Waals surface area contributed by atoms with E-state index in [4.69, 9.17) is 27.9 Å². The van der Waals surface area contributed by atoms with Gasteiger partial charge in [-0.1, -0.05) is 29.3 Å². The molecule has 9 nitrogen and oxygen atoms in total. The number of benzene rings is 2. The molecule has 2 N–H and O–H groups in total. The van der Waals surface area contributed by atoms with Gasteiger partial charge in [0.1, 0.15) is 5.56 Å². The van der Waals surface area contributed by atoms with E-state index in [9.17, 15) is 9.90 Å².